The summed E-state index contributed by atoms with van der Waals surface area (Å²) in [4.78, 5) is 25.5. The molecule has 2 N–H and O–H groups in total. The quantitative estimate of drug-likeness (QED) is 0.535. The van der Waals surface area contributed by atoms with Gasteiger partial charge in [-0.05, 0) is 25.7 Å². The molecule has 0 spiro atoms. The molecule has 19 heavy (non-hydrogen) atoms. The van der Waals surface area contributed by atoms with Crippen LogP contribution in [0.15, 0.2) is 12.7 Å². The van der Waals surface area contributed by atoms with Gasteiger partial charge in [-0.2, -0.15) is 0 Å². The molecule has 1 saturated heterocycles. The van der Waals surface area contributed by atoms with E-state index < -0.39 is 0 Å². The first kappa shape index (κ1) is 14.1. The summed E-state index contributed by atoms with van der Waals surface area (Å²) in [5, 5.41) is 5.99. The van der Waals surface area contributed by atoms with Crippen molar-refractivity contribution in [2.75, 3.05) is 26.2 Å². The third-order valence-electron chi connectivity index (χ3n) is 3.67. The number of piperidine rings is 1. The Morgan fingerprint density at radius 2 is 1.89 bits per heavy atom. The summed E-state index contributed by atoms with van der Waals surface area (Å²) >= 11 is 0. The first-order valence-corrected chi connectivity index (χ1v) is 7.10. The Morgan fingerprint density at radius 1 is 1.21 bits per heavy atom. The number of rotatable bonds is 6. The second-order valence-electron chi connectivity index (χ2n) is 5.36. The van der Waals surface area contributed by atoms with Gasteiger partial charge in [0.1, 0.15) is 0 Å². The number of likely N-dealkylation sites (tertiary alicyclic amines) is 1. The largest absolute Gasteiger partial charge is 0.352 e. The molecule has 5 heteroatoms. The minimum absolute atomic E-state index is 0.0221. The van der Waals surface area contributed by atoms with Crippen molar-refractivity contribution in [3.63, 3.8) is 0 Å². The van der Waals surface area contributed by atoms with Gasteiger partial charge in [-0.1, -0.05) is 6.08 Å². The maximum absolute atomic E-state index is 11.9. The summed E-state index contributed by atoms with van der Waals surface area (Å²) in [6.07, 6.45) is 5.58. The zero-order valence-corrected chi connectivity index (χ0v) is 11.4. The monoisotopic (exact) mass is 265 g/mol. The normalized spacial score (nSPS) is 20.1. The van der Waals surface area contributed by atoms with Crippen molar-refractivity contribution >= 4 is 11.8 Å². The Labute approximate surface area is 114 Å². The smallest absolute Gasteiger partial charge is 0.234 e. The molecule has 1 heterocycles. The highest BCUT2D eigenvalue weighted by Gasteiger charge is 2.34. The second-order valence-corrected chi connectivity index (χ2v) is 5.36. The molecule has 1 saturated carbocycles. The molecular weight excluding hydrogens is 242 g/mol. The number of nitrogens with one attached hydrogen (secondary N) is 2. The molecular formula is C14H23N3O2. The lowest BCUT2D eigenvalue weighted by atomic mass is 10.0. The molecule has 106 valence electrons. The van der Waals surface area contributed by atoms with E-state index in [1.54, 1.807) is 6.08 Å². The van der Waals surface area contributed by atoms with E-state index in [4.69, 9.17) is 0 Å². The predicted octanol–water partition coefficient (Wildman–Crippen LogP) is 0.279. The van der Waals surface area contributed by atoms with E-state index in [0.717, 1.165) is 38.8 Å². The van der Waals surface area contributed by atoms with E-state index in [9.17, 15) is 9.59 Å². The van der Waals surface area contributed by atoms with Gasteiger partial charge in [0.05, 0.1) is 6.54 Å². The van der Waals surface area contributed by atoms with Gasteiger partial charge in [-0.25, -0.2) is 0 Å². The van der Waals surface area contributed by atoms with Crippen LogP contribution in [0.1, 0.15) is 25.7 Å². The lowest BCUT2D eigenvalue weighted by Crippen LogP contribution is -2.48. The van der Waals surface area contributed by atoms with E-state index in [0.29, 0.717) is 24.9 Å². The van der Waals surface area contributed by atoms with Gasteiger partial charge in [-0.15, -0.1) is 6.58 Å². The Kier molecular flexibility index (Phi) is 4.96. The molecule has 0 aromatic carbocycles. The van der Waals surface area contributed by atoms with Gasteiger partial charge in [0, 0.05) is 31.6 Å². The van der Waals surface area contributed by atoms with Crippen molar-refractivity contribution in [2.45, 2.75) is 31.7 Å². The molecule has 1 aliphatic carbocycles. The summed E-state index contributed by atoms with van der Waals surface area (Å²) in [6, 6.07) is 0.210. The highest BCUT2D eigenvalue weighted by atomic mass is 16.2. The summed E-state index contributed by atoms with van der Waals surface area (Å²) in [6.45, 7) is 6.11. The molecule has 0 aromatic heterocycles. The van der Waals surface area contributed by atoms with Crippen LogP contribution >= 0.6 is 0 Å². The maximum atomic E-state index is 11.9. The average Bonchev–Trinajstić information content (AvgIpc) is 3.23. The first-order chi connectivity index (χ1) is 9.20. The fourth-order valence-corrected chi connectivity index (χ4v) is 2.40. The van der Waals surface area contributed by atoms with E-state index in [1.807, 2.05) is 4.90 Å². The molecule has 0 radical (unpaired) electrons. The number of carbonyl (C=O) groups excluding carboxylic acids is 2. The highest BCUT2D eigenvalue weighted by molar-refractivity contribution is 5.81. The first-order valence-electron chi connectivity index (χ1n) is 7.10. The standard InChI is InChI=1S/C14H23N3O2/c1-2-7-15-10-13(18)16-12-5-8-17(9-6-12)14(19)11-3-4-11/h2,11-12,15H,1,3-10H2,(H,16,18). The van der Waals surface area contributed by atoms with Crippen LogP contribution in [0.3, 0.4) is 0 Å². The minimum Gasteiger partial charge on any atom is -0.352 e. The molecule has 0 bridgehead atoms. The number of nitrogens with zero attached hydrogens (tertiary/aromatic N) is 1. The van der Waals surface area contributed by atoms with E-state index in [2.05, 4.69) is 17.2 Å². The molecule has 0 aromatic rings. The fourth-order valence-electron chi connectivity index (χ4n) is 2.40. The van der Waals surface area contributed by atoms with Gasteiger partial charge in [0.25, 0.3) is 0 Å². The van der Waals surface area contributed by atoms with Crippen molar-refractivity contribution in [1.82, 2.24) is 15.5 Å². The molecule has 5 nitrogen and oxygen atoms in total. The number of amides is 2. The van der Waals surface area contributed by atoms with Gasteiger partial charge < -0.3 is 15.5 Å². The third-order valence-corrected chi connectivity index (χ3v) is 3.67. The molecule has 2 aliphatic rings. The average molecular weight is 265 g/mol. The van der Waals surface area contributed by atoms with Crippen molar-refractivity contribution < 1.29 is 9.59 Å². The molecule has 0 atom stereocenters. The van der Waals surface area contributed by atoms with Crippen molar-refractivity contribution in [3.05, 3.63) is 12.7 Å². The minimum atomic E-state index is 0.0221. The van der Waals surface area contributed by atoms with Gasteiger partial charge in [0.2, 0.25) is 11.8 Å². The Hall–Kier alpha value is -1.36. The van der Waals surface area contributed by atoms with E-state index >= 15 is 0 Å². The van der Waals surface area contributed by atoms with Crippen molar-refractivity contribution in [3.8, 4) is 0 Å². The maximum Gasteiger partial charge on any atom is 0.234 e. The predicted molar refractivity (Wildman–Crippen MR) is 73.5 cm³/mol. The number of carbonyl (C=O) groups is 2. The zero-order valence-electron chi connectivity index (χ0n) is 11.4. The van der Waals surface area contributed by atoms with Crippen LogP contribution in [0, 0.1) is 5.92 Å². The Morgan fingerprint density at radius 3 is 2.47 bits per heavy atom. The lowest BCUT2D eigenvalue weighted by molar-refractivity contribution is -0.133. The van der Waals surface area contributed by atoms with Crippen LogP contribution in [0.2, 0.25) is 0 Å². The second kappa shape index (κ2) is 6.70. The third kappa shape index (κ3) is 4.35. The Bertz CT molecular complexity index is 345. The van der Waals surface area contributed by atoms with Crippen LogP contribution in [-0.4, -0.2) is 48.9 Å². The highest BCUT2D eigenvalue weighted by Crippen LogP contribution is 2.31. The lowest BCUT2D eigenvalue weighted by Gasteiger charge is -2.32. The van der Waals surface area contributed by atoms with E-state index in [1.165, 1.54) is 0 Å². The summed E-state index contributed by atoms with van der Waals surface area (Å²) in [5.74, 6) is 0.639. The number of hydrogen-bond donors (Lipinski definition) is 2. The van der Waals surface area contributed by atoms with Crippen LogP contribution in [0.25, 0.3) is 0 Å². The molecule has 1 aliphatic heterocycles. The van der Waals surface area contributed by atoms with E-state index in [-0.39, 0.29) is 11.9 Å². The molecule has 2 rings (SSSR count). The fraction of sp³-hybridized carbons (Fsp3) is 0.714. The van der Waals surface area contributed by atoms with Crippen molar-refractivity contribution in [2.24, 2.45) is 5.92 Å². The number of hydrogen-bond acceptors (Lipinski definition) is 3. The van der Waals surface area contributed by atoms with Gasteiger partial charge in [-0.3, -0.25) is 9.59 Å². The Balaban J connectivity index is 1.63. The molecule has 0 unspecified atom stereocenters. The molecule has 2 fully saturated rings. The van der Waals surface area contributed by atoms with Crippen LogP contribution in [0.4, 0.5) is 0 Å². The van der Waals surface area contributed by atoms with Gasteiger partial charge >= 0.3 is 0 Å². The van der Waals surface area contributed by atoms with Crippen LogP contribution in [-0.2, 0) is 9.59 Å². The zero-order chi connectivity index (χ0) is 13.7. The summed E-state index contributed by atoms with van der Waals surface area (Å²) in [7, 11) is 0. The van der Waals surface area contributed by atoms with Gasteiger partial charge in [0.15, 0.2) is 0 Å². The summed E-state index contributed by atoms with van der Waals surface area (Å²) in [5.41, 5.74) is 0. The SMILES string of the molecule is C=CCNCC(=O)NC1CCN(C(=O)C2CC2)CC1. The van der Waals surface area contributed by atoms with Crippen LogP contribution < -0.4 is 10.6 Å². The summed E-state index contributed by atoms with van der Waals surface area (Å²) < 4.78 is 0. The molecule has 2 amide bonds. The van der Waals surface area contributed by atoms with Crippen molar-refractivity contribution in [1.29, 1.82) is 0 Å². The topological polar surface area (TPSA) is 61.4 Å². The van der Waals surface area contributed by atoms with Crippen LogP contribution in [0.5, 0.6) is 0 Å².